The maximum absolute atomic E-state index is 12.4. The van der Waals surface area contributed by atoms with E-state index in [1.165, 1.54) is 11.1 Å². The normalized spacial score (nSPS) is 12.2. The number of hydrogen-bond acceptors (Lipinski definition) is 2. The molecule has 116 valence electrons. The second-order valence-electron chi connectivity index (χ2n) is 5.80. The SMILES string of the molecule is Cc1ccc(S[C@H](C)C(=O)Nc2ccccc2C(C)C)cc1. The smallest absolute Gasteiger partial charge is 0.237 e. The number of anilines is 1. The average molecular weight is 313 g/mol. The number of amides is 1. The first-order chi connectivity index (χ1) is 10.5. The summed E-state index contributed by atoms with van der Waals surface area (Å²) in [5, 5.41) is 2.93. The van der Waals surface area contributed by atoms with Gasteiger partial charge < -0.3 is 5.32 Å². The summed E-state index contributed by atoms with van der Waals surface area (Å²) in [7, 11) is 0. The molecule has 0 saturated heterocycles. The van der Waals surface area contributed by atoms with E-state index in [0.717, 1.165) is 10.6 Å². The molecule has 0 aliphatic carbocycles. The molecule has 2 nitrogen and oxygen atoms in total. The number of hydrogen-bond donors (Lipinski definition) is 1. The van der Waals surface area contributed by atoms with Crippen molar-refractivity contribution < 1.29 is 4.79 Å². The van der Waals surface area contributed by atoms with E-state index in [0.29, 0.717) is 5.92 Å². The summed E-state index contributed by atoms with van der Waals surface area (Å²) in [6.45, 7) is 8.27. The van der Waals surface area contributed by atoms with E-state index in [-0.39, 0.29) is 11.2 Å². The molecule has 22 heavy (non-hydrogen) atoms. The number of aryl methyl sites for hydroxylation is 1. The number of rotatable bonds is 5. The summed E-state index contributed by atoms with van der Waals surface area (Å²) in [6, 6.07) is 16.3. The molecule has 1 N–H and O–H groups in total. The Kier molecular flexibility index (Phi) is 5.67. The number of carbonyl (C=O) groups is 1. The molecule has 0 radical (unpaired) electrons. The third-order valence-electron chi connectivity index (χ3n) is 3.54. The Labute approximate surface area is 137 Å². The summed E-state index contributed by atoms with van der Waals surface area (Å²) in [5.74, 6) is 0.426. The van der Waals surface area contributed by atoms with Crippen LogP contribution in [0.5, 0.6) is 0 Å². The van der Waals surface area contributed by atoms with E-state index in [1.807, 2.05) is 25.1 Å². The predicted octanol–water partition coefficient (Wildman–Crippen LogP) is 5.24. The van der Waals surface area contributed by atoms with Crippen LogP contribution in [0.15, 0.2) is 53.4 Å². The number of benzene rings is 2. The van der Waals surface area contributed by atoms with Gasteiger partial charge in [0, 0.05) is 10.6 Å². The zero-order valence-corrected chi connectivity index (χ0v) is 14.4. The lowest BCUT2D eigenvalue weighted by Crippen LogP contribution is -2.23. The van der Waals surface area contributed by atoms with Crippen molar-refractivity contribution in [2.24, 2.45) is 0 Å². The third-order valence-corrected chi connectivity index (χ3v) is 4.66. The fourth-order valence-electron chi connectivity index (χ4n) is 2.22. The molecule has 3 heteroatoms. The van der Waals surface area contributed by atoms with Crippen LogP contribution in [-0.2, 0) is 4.79 Å². The molecule has 0 fully saturated rings. The number of carbonyl (C=O) groups excluding carboxylic acids is 1. The van der Waals surface area contributed by atoms with E-state index < -0.39 is 0 Å². The molecule has 0 heterocycles. The van der Waals surface area contributed by atoms with E-state index in [4.69, 9.17) is 0 Å². The van der Waals surface area contributed by atoms with Crippen molar-refractivity contribution >= 4 is 23.4 Å². The van der Waals surface area contributed by atoms with Crippen LogP contribution in [0.4, 0.5) is 5.69 Å². The van der Waals surface area contributed by atoms with E-state index in [1.54, 1.807) is 11.8 Å². The number of para-hydroxylation sites is 1. The van der Waals surface area contributed by atoms with E-state index >= 15 is 0 Å². The Morgan fingerprint density at radius 1 is 1.00 bits per heavy atom. The van der Waals surface area contributed by atoms with Crippen molar-refractivity contribution in [3.8, 4) is 0 Å². The highest BCUT2D eigenvalue weighted by molar-refractivity contribution is 8.00. The second kappa shape index (κ2) is 7.50. The van der Waals surface area contributed by atoms with Gasteiger partial charge in [0.25, 0.3) is 0 Å². The predicted molar refractivity (Wildman–Crippen MR) is 95.7 cm³/mol. The summed E-state index contributed by atoms with van der Waals surface area (Å²) >= 11 is 1.58. The highest BCUT2D eigenvalue weighted by Gasteiger charge is 2.16. The molecule has 0 aromatic heterocycles. The molecule has 0 unspecified atom stereocenters. The van der Waals surface area contributed by atoms with Gasteiger partial charge >= 0.3 is 0 Å². The zero-order chi connectivity index (χ0) is 16.1. The fourth-order valence-corrected chi connectivity index (χ4v) is 3.09. The fraction of sp³-hybridized carbons (Fsp3) is 0.316. The maximum Gasteiger partial charge on any atom is 0.237 e. The van der Waals surface area contributed by atoms with Gasteiger partial charge in [-0.05, 0) is 43.5 Å². The average Bonchev–Trinajstić information content (AvgIpc) is 2.49. The van der Waals surface area contributed by atoms with Crippen LogP contribution in [0.1, 0.15) is 37.8 Å². The zero-order valence-electron chi connectivity index (χ0n) is 13.6. The van der Waals surface area contributed by atoms with Crippen molar-refractivity contribution in [1.82, 2.24) is 0 Å². The number of nitrogens with one attached hydrogen (secondary N) is 1. The molecule has 1 amide bonds. The lowest BCUT2D eigenvalue weighted by molar-refractivity contribution is -0.115. The van der Waals surface area contributed by atoms with Crippen LogP contribution in [-0.4, -0.2) is 11.2 Å². The highest BCUT2D eigenvalue weighted by atomic mass is 32.2. The molecule has 0 spiro atoms. The molecule has 2 aromatic rings. The van der Waals surface area contributed by atoms with Crippen molar-refractivity contribution in [1.29, 1.82) is 0 Å². The van der Waals surface area contributed by atoms with Gasteiger partial charge in [-0.3, -0.25) is 4.79 Å². The molecule has 2 rings (SSSR count). The Balaban J connectivity index is 2.04. The summed E-state index contributed by atoms with van der Waals surface area (Å²) in [4.78, 5) is 13.5. The minimum Gasteiger partial charge on any atom is -0.325 e. The standard InChI is InChI=1S/C19H23NOS/c1-13(2)17-7-5-6-8-18(17)20-19(21)15(4)22-16-11-9-14(3)10-12-16/h5-13,15H,1-4H3,(H,20,21)/t15-/m1/s1. The van der Waals surface area contributed by atoms with Crippen molar-refractivity contribution in [3.63, 3.8) is 0 Å². The maximum atomic E-state index is 12.4. The van der Waals surface area contributed by atoms with Crippen LogP contribution in [0.25, 0.3) is 0 Å². The van der Waals surface area contributed by atoms with Crippen molar-refractivity contribution in [2.75, 3.05) is 5.32 Å². The van der Waals surface area contributed by atoms with Crippen LogP contribution in [0.2, 0.25) is 0 Å². The summed E-state index contributed by atoms with van der Waals surface area (Å²) < 4.78 is 0. The first-order valence-corrected chi connectivity index (χ1v) is 8.48. The second-order valence-corrected chi connectivity index (χ2v) is 7.22. The third kappa shape index (κ3) is 4.38. The molecule has 0 aliphatic heterocycles. The van der Waals surface area contributed by atoms with Gasteiger partial charge in [-0.1, -0.05) is 49.7 Å². The Hall–Kier alpha value is -1.74. The Morgan fingerprint density at radius 3 is 2.27 bits per heavy atom. The minimum absolute atomic E-state index is 0.0404. The molecule has 2 aromatic carbocycles. The van der Waals surface area contributed by atoms with Crippen molar-refractivity contribution in [2.45, 2.75) is 43.8 Å². The quantitative estimate of drug-likeness (QED) is 0.765. The molecule has 1 atom stereocenters. The molecular weight excluding hydrogens is 290 g/mol. The first-order valence-electron chi connectivity index (χ1n) is 7.60. The van der Waals surface area contributed by atoms with Crippen molar-refractivity contribution in [3.05, 3.63) is 59.7 Å². The lowest BCUT2D eigenvalue weighted by Gasteiger charge is -2.16. The summed E-state index contributed by atoms with van der Waals surface area (Å²) in [5.41, 5.74) is 3.31. The largest absolute Gasteiger partial charge is 0.325 e. The van der Waals surface area contributed by atoms with Gasteiger partial charge in [0.2, 0.25) is 5.91 Å². The Morgan fingerprint density at radius 2 is 1.64 bits per heavy atom. The molecule has 0 aliphatic rings. The molecule has 0 saturated carbocycles. The van der Waals surface area contributed by atoms with Crippen LogP contribution in [0, 0.1) is 6.92 Å². The lowest BCUT2D eigenvalue weighted by atomic mass is 10.0. The molecular formula is C19H23NOS. The Bertz CT molecular complexity index is 634. The number of thioether (sulfide) groups is 1. The van der Waals surface area contributed by atoms with E-state index in [9.17, 15) is 4.79 Å². The van der Waals surface area contributed by atoms with Crippen LogP contribution < -0.4 is 5.32 Å². The van der Waals surface area contributed by atoms with Crippen LogP contribution in [0.3, 0.4) is 0 Å². The van der Waals surface area contributed by atoms with Gasteiger partial charge in [-0.15, -0.1) is 11.8 Å². The highest BCUT2D eigenvalue weighted by Crippen LogP contribution is 2.27. The first kappa shape index (κ1) is 16.6. The van der Waals surface area contributed by atoms with Crippen LogP contribution >= 0.6 is 11.8 Å². The topological polar surface area (TPSA) is 29.1 Å². The van der Waals surface area contributed by atoms with Gasteiger partial charge in [-0.2, -0.15) is 0 Å². The molecule has 0 bridgehead atoms. The monoisotopic (exact) mass is 313 g/mol. The van der Waals surface area contributed by atoms with Gasteiger partial charge in [0.15, 0.2) is 0 Å². The minimum atomic E-state index is -0.136. The van der Waals surface area contributed by atoms with Gasteiger partial charge in [0.1, 0.15) is 0 Å². The van der Waals surface area contributed by atoms with Gasteiger partial charge in [-0.25, -0.2) is 0 Å². The van der Waals surface area contributed by atoms with Gasteiger partial charge in [0.05, 0.1) is 5.25 Å². The summed E-state index contributed by atoms with van der Waals surface area (Å²) in [6.07, 6.45) is 0. The van der Waals surface area contributed by atoms with E-state index in [2.05, 4.69) is 56.4 Å².